The summed E-state index contributed by atoms with van der Waals surface area (Å²) in [6, 6.07) is 4.86. The van der Waals surface area contributed by atoms with E-state index in [1.165, 1.54) is 31.1 Å². The summed E-state index contributed by atoms with van der Waals surface area (Å²) >= 11 is 0. The molecule has 5 heterocycles. The number of amides is 4. The molecule has 4 amide bonds. The van der Waals surface area contributed by atoms with Gasteiger partial charge in [-0.25, -0.2) is 29.7 Å². The molecule has 2 fully saturated rings. The third kappa shape index (κ3) is 7.29. The van der Waals surface area contributed by atoms with Crippen LogP contribution in [0.2, 0.25) is 0 Å². The summed E-state index contributed by atoms with van der Waals surface area (Å²) in [7, 11) is 1.48. The zero-order valence-electron chi connectivity index (χ0n) is 25.4. The van der Waals surface area contributed by atoms with E-state index in [1.54, 1.807) is 6.07 Å². The number of carbonyl (C=O) groups excluding carboxylic acids is 3. The molecule has 4 aromatic heterocycles. The van der Waals surface area contributed by atoms with E-state index in [0.717, 1.165) is 34.1 Å². The fourth-order valence-electron chi connectivity index (χ4n) is 4.42. The van der Waals surface area contributed by atoms with Crippen LogP contribution < -0.4 is 15.5 Å². The average molecular weight is 587 g/mol. The zero-order chi connectivity index (χ0) is 31.1. The van der Waals surface area contributed by atoms with Crippen LogP contribution in [0.3, 0.4) is 0 Å². The molecule has 43 heavy (non-hydrogen) atoms. The van der Waals surface area contributed by atoms with Crippen LogP contribution in [0.1, 0.15) is 75.3 Å². The fourth-order valence-corrected chi connectivity index (χ4v) is 4.42. The number of nitrogens with zero attached hydrogens (tertiary/aromatic N) is 8. The van der Waals surface area contributed by atoms with Gasteiger partial charge in [-0.2, -0.15) is 0 Å². The van der Waals surface area contributed by atoms with Gasteiger partial charge >= 0.3 is 6.03 Å². The van der Waals surface area contributed by atoms with E-state index in [4.69, 9.17) is 4.98 Å². The molecule has 226 valence electrons. The van der Waals surface area contributed by atoms with E-state index in [2.05, 4.69) is 30.6 Å². The van der Waals surface area contributed by atoms with Gasteiger partial charge < -0.3 is 15.0 Å². The summed E-state index contributed by atoms with van der Waals surface area (Å²) in [5.41, 5.74) is 4.01. The quantitative estimate of drug-likeness (QED) is 0.224. The molecule has 2 N–H and O–H groups in total. The molecule has 13 nitrogen and oxygen atoms in total. The van der Waals surface area contributed by atoms with Gasteiger partial charge in [0.15, 0.2) is 5.65 Å². The molecular weight excluding hydrogens is 548 g/mol. The molecule has 1 aliphatic carbocycles. The Bertz CT molecular complexity index is 1600. The highest BCUT2D eigenvalue weighted by Crippen LogP contribution is 2.37. The zero-order valence-corrected chi connectivity index (χ0v) is 25.4. The molecule has 0 spiro atoms. The summed E-state index contributed by atoms with van der Waals surface area (Å²) in [4.78, 5) is 59.2. The number of fused-ring (bicyclic) bond motifs is 1. The highest BCUT2D eigenvalue weighted by atomic mass is 16.2. The predicted octanol–water partition coefficient (Wildman–Crippen LogP) is 4.52. The fraction of sp³-hybridized carbons (Fsp3) is 0.400. The number of carbonyl (C=O) groups is 3. The molecule has 0 bridgehead atoms. The number of likely N-dealkylation sites (N-methyl/N-ethyl adjacent to an activating group) is 1. The van der Waals surface area contributed by atoms with Crippen LogP contribution in [-0.2, 0) is 16.0 Å². The van der Waals surface area contributed by atoms with Crippen LogP contribution in [0.4, 0.5) is 22.1 Å². The van der Waals surface area contributed by atoms with Crippen molar-refractivity contribution >= 4 is 41.3 Å². The number of pyridine rings is 1. The minimum atomic E-state index is -0.368. The van der Waals surface area contributed by atoms with Gasteiger partial charge in [-0.05, 0) is 50.8 Å². The third-order valence-electron chi connectivity index (χ3n) is 6.93. The number of aromatic nitrogens is 6. The van der Waals surface area contributed by atoms with Crippen LogP contribution in [-0.4, -0.2) is 66.2 Å². The molecule has 1 atom stereocenters. The normalized spacial score (nSPS) is 14.9. The Morgan fingerprint density at radius 3 is 2.44 bits per heavy atom. The van der Waals surface area contributed by atoms with Crippen molar-refractivity contribution in [3.63, 3.8) is 0 Å². The van der Waals surface area contributed by atoms with Gasteiger partial charge in [0.1, 0.15) is 30.3 Å². The lowest BCUT2D eigenvalue weighted by molar-refractivity contribution is -0.123. The van der Waals surface area contributed by atoms with E-state index in [1.807, 2.05) is 69.7 Å². The smallest absolute Gasteiger partial charge is 0.331 e. The van der Waals surface area contributed by atoms with Crippen LogP contribution in [0, 0.1) is 6.92 Å². The van der Waals surface area contributed by atoms with Gasteiger partial charge in [0, 0.05) is 43.3 Å². The highest BCUT2D eigenvalue weighted by Gasteiger charge is 2.35. The van der Waals surface area contributed by atoms with Crippen molar-refractivity contribution in [2.75, 3.05) is 29.1 Å². The SMILES string of the molecule is CC.CCc1cc(N2CC(=O)N(C)C2=O)c2nc([C@@H](C)Nc3cc(NC=O)ncn3)cn2c1.Cc1ccnc(C2CC2)n1. The number of anilines is 3. The second-order valence-electron chi connectivity index (χ2n) is 10.1. The lowest BCUT2D eigenvalue weighted by atomic mass is 10.2. The Hall–Kier alpha value is -4.94. The average Bonchev–Trinajstić information content (AvgIpc) is 3.73. The first kappa shape index (κ1) is 31.0. The first-order valence-electron chi connectivity index (χ1n) is 14.4. The summed E-state index contributed by atoms with van der Waals surface area (Å²) in [6.07, 6.45) is 10.9. The second-order valence-corrected chi connectivity index (χ2v) is 10.1. The number of rotatable bonds is 8. The first-order chi connectivity index (χ1) is 20.8. The van der Waals surface area contributed by atoms with Gasteiger partial charge in [-0.1, -0.05) is 20.8 Å². The monoisotopic (exact) mass is 586 g/mol. The number of hydrogen-bond acceptors (Lipinski definition) is 9. The maximum absolute atomic E-state index is 12.6. The van der Waals surface area contributed by atoms with Crippen molar-refractivity contribution < 1.29 is 14.4 Å². The van der Waals surface area contributed by atoms with Crippen molar-refractivity contribution in [3.05, 3.63) is 65.9 Å². The van der Waals surface area contributed by atoms with E-state index in [0.29, 0.717) is 35.3 Å². The molecule has 6 rings (SSSR count). The Labute approximate surface area is 250 Å². The van der Waals surface area contributed by atoms with Crippen LogP contribution in [0.5, 0.6) is 0 Å². The maximum atomic E-state index is 12.6. The van der Waals surface area contributed by atoms with E-state index in [9.17, 15) is 14.4 Å². The molecule has 0 unspecified atom stereocenters. The third-order valence-corrected chi connectivity index (χ3v) is 6.93. The summed E-state index contributed by atoms with van der Waals surface area (Å²) < 4.78 is 1.87. The largest absolute Gasteiger partial charge is 0.362 e. The van der Waals surface area contributed by atoms with Gasteiger partial charge in [0.2, 0.25) is 12.3 Å². The summed E-state index contributed by atoms with van der Waals surface area (Å²) in [5, 5.41) is 5.72. The van der Waals surface area contributed by atoms with Gasteiger partial charge in [-0.15, -0.1) is 0 Å². The number of urea groups is 1. The molecule has 0 aromatic carbocycles. The molecule has 1 aliphatic heterocycles. The molecular formula is C30H38N10O3. The van der Waals surface area contributed by atoms with Crippen molar-refractivity contribution in [2.24, 2.45) is 0 Å². The van der Waals surface area contributed by atoms with Crippen molar-refractivity contribution in [2.45, 2.75) is 65.8 Å². The number of aryl methyl sites for hydroxylation is 2. The van der Waals surface area contributed by atoms with Crippen molar-refractivity contribution in [3.8, 4) is 0 Å². The number of imidazole rings is 1. The lowest BCUT2D eigenvalue weighted by Gasteiger charge is -2.16. The molecule has 2 aliphatic rings. The van der Waals surface area contributed by atoms with Gasteiger partial charge in [0.05, 0.1) is 17.4 Å². The molecule has 1 saturated heterocycles. The molecule has 0 radical (unpaired) electrons. The number of imide groups is 1. The Balaban J connectivity index is 0.000000294. The molecule has 1 saturated carbocycles. The van der Waals surface area contributed by atoms with Crippen LogP contribution in [0.15, 0.2) is 43.1 Å². The topological polar surface area (TPSA) is 151 Å². The minimum absolute atomic E-state index is 0.0123. The second kappa shape index (κ2) is 13.8. The van der Waals surface area contributed by atoms with E-state index < -0.39 is 0 Å². The Morgan fingerprint density at radius 2 is 1.81 bits per heavy atom. The van der Waals surface area contributed by atoms with Gasteiger partial charge in [-0.3, -0.25) is 19.4 Å². The van der Waals surface area contributed by atoms with Crippen LogP contribution >= 0.6 is 0 Å². The first-order valence-corrected chi connectivity index (χ1v) is 14.4. The maximum Gasteiger partial charge on any atom is 0.331 e. The lowest BCUT2D eigenvalue weighted by Crippen LogP contribution is -2.30. The summed E-state index contributed by atoms with van der Waals surface area (Å²) in [5.74, 6) is 2.38. The van der Waals surface area contributed by atoms with Crippen LogP contribution in [0.25, 0.3) is 5.65 Å². The number of nitrogens with one attached hydrogen (secondary N) is 2. The van der Waals surface area contributed by atoms with Gasteiger partial charge in [0.25, 0.3) is 0 Å². The summed E-state index contributed by atoms with van der Waals surface area (Å²) in [6.45, 7) is 9.95. The van der Waals surface area contributed by atoms with E-state index in [-0.39, 0.29) is 24.5 Å². The minimum Gasteiger partial charge on any atom is -0.362 e. The van der Waals surface area contributed by atoms with Crippen molar-refractivity contribution in [1.29, 1.82) is 0 Å². The highest BCUT2D eigenvalue weighted by molar-refractivity contribution is 6.13. The molecule has 13 heteroatoms. The Morgan fingerprint density at radius 1 is 1.07 bits per heavy atom. The number of hydrogen-bond donors (Lipinski definition) is 2. The predicted molar refractivity (Wildman–Crippen MR) is 164 cm³/mol. The molecule has 4 aromatic rings. The van der Waals surface area contributed by atoms with E-state index >= 15 is 0 Å². The standard InChI is InChI=1S/C20H22N8O3.C8H10N2.C2H6/c1-4-13-5-15(28-9-18(30)26(3)20(28)31)19-25-14(8-27(19)7-13)12(2)24-17-6-16(23-11-29)21-10-22-17;1-6-4-5-9-8(10-6)7-2-3-7;1-2/h5-8,10-12H,4,9H2,1-3H3,(H2,21,22,23,24,29);4-5,7H,2-3H2,1H3;1-2H3/t12-;;/m1../s1. The Kier molecular flexibility index (Phi) is 9.96. The van der Waals surface area contributed by atoms with Crippen molar-refractivity contribution in [1.82, 2.24) is 34.2 Å².